The van der Waals surface area contributed by atoms with Gasteiger partial charge in [0.1, 0.15) is 11.4 Å². The van der Waals surface area contributed by atoms with Gasteiger partial charge in [0.15, 0.2) is 5.78 Å². The standard InChI is InChI=1S/C26H38N2O4.C21H30N2O2.ClH/c1-20(27-25(31)32-26(2,3)4)23(29)19-22(14-13-21-11-7-5-8-12-21)15-16-24(30)28-17-9-6-10-18-28;1-17(22)20(24)16-19(11-10-18-8-4-2-5-9-18)12-13-21(25)23-14-6-3-7-15-23;/h5,7-8,11-12,15-16,20,22H,6,9-10,13-14,17-19H2,1-4H3,(H,27,31);2,4-5,8-9,12-13,17,19H,3,6-7,10-11,14-16,22H2,1H3;1H/b16-15+;13-12+;/t20-,22-;17-,19-;/m00./s1. The Morgan fingerprint density at radius 3 is 1.45 bits per heavy atom. The van der Waals surface area contributed by atoms with Crippen molar-refractivity contribution >= 4 is 41.9 Å². The number of rotatable bonds is 17. The number of carbonyl (C=O) groups is 5. The van der Waals surface area contributed by atoms with Gasteiger partial charge in [-0.25, -0.2) is 4.79 Å². The van der Waals surface area contributed by atoms with E-state index in [9.17, 15) is 24.0 Å². The number of Topliss-reactive ketones (excluding diaryl/α,β-unsaturated/α-hetero) is 2. The number of likely N-dealkylation sites (tertiary alicyclic amines) is 2. The lowest BCUT2D eigenvalue weighted by atomic mass is 9.92. The van der Waals surface area contributed by atoms with Gasteiger partial charge in [0.2, 0.25) is 11.8 Å². The first-order valence-corrected chi connectivity index (χ1v) is 21.0. The molecular weight excluding hydrogens is 752 g/mol. The van der Waals surface area contributed by atoms with Crippen LogP contribution in [0, 0.1) is 11.8 Å². The number of ether oxygens (including phenoxy) is 1. The molecule has 0 spiro atoms. The molecule has 2 heterocycles. The van der Waals surface area contributed by atoms with Crippen molar-refractivity contribution < 1.29 is 28.7 Å². The Hall–Kier alpha value is -4.28. The molecule has 0 aromatic heterocycles. The molecule has 58 heavy (non-hydrogen) atoms. The third kappa shape index (κ3) is 20.4. The Bertz CT molecular complexity index is 1600. The number of nitrogens with one attached hydrogen (secondary N) is 1. The highest BCUT2D eigenvalue weighted by molar-refractivity contribution is 5.89. The molecule has 0 unspecified atom stereocenters. The number of allylic oxidation sites excluding steroid dienone is 2. The van der Waals surface area contributed by atoms with Gasteiger partial charge in [-0.2, -0.15) is 0 Å². The molecule has 10 nitrogen and oxygen atoms in total. The first-order valence-electron chi connectivity index (χ1n) is 21.0. The Morgan fingerprint density at radius 2 is 1.07 bits per heavy atom. The monoisotopic (exact) mass is 820 g/mol. The van der Waals surface area contributed by atoms with Crippen molar-refractivity contribution in [2.45, 2.75) is 129 Å². The number of amides is 3. The van der Waals surface area contributed by atoms with E-state index in [1.807, 2.05) is 58.4 Å². The van der Waals surface area contributed by atoms with Crippen molar-refractivity contribution in [2.24, 2.45) is 17.6 Å². The lowest BCUT2D eigenvalue weighted by Crippen LogP contribution is -2.42. The number of hydrogen-bond donors (Lipinski definition) is 2. The normalized spacial score (nSPS) is 16.6. The Morgan fingerprint density at radius 1 is 0.672 bits per heavy atom. The fourth-order valence-corrected chi connectivity index (χ4v) is 6.85. The highest BCUT2D eigenvalue weighted by atomic mass is 35.5. The second kappa shape index (κ2) is 26.7. The summed E-state index contributed by atoms with van der Waals surface area (Å²) in [6, 6.07) is 19.2. The van der Waals surface area contributed by atoms with Gasteiger partial charge >= 0.3 is 6.09 Å². The van der Waals surface area contributed by atoms with Gasteiger partial charge in [0, 0.05) is 39.0 Å². The zero-order valence-corrected chi connectivity index (χ0v) is 36.4. The summed E-state index contributed by atoms with van der Waals surface area (Å²) in [4.78, 5) is 65.5. The van der Waals surface area contributed by atoms with Gasteiger partial charge in [-0.1, -0.05) is 72.8 Å². The van der Waals surface area contributed by atoms with Crippen molar-refractivity contribution in [2.75, 3.05) is 26.2 Å². The largest absolute Gasteiger partial charge is 0.444 e. The number of nitrogens with two attached hydrogens (primary N) is 1. The van der Waals surface area contributed by atoms with Crippen molar-refractivity contribution in [1.29, 1.82) is 0 Å². The Labute approximate surface area is 353 Å². The minimum Gasteiger partial charge on any atom is -0.444 e. The van der Waals surface area contributed by atoms with Crippen LogP contribution in [0.5, 0.6) is 0 Å². The van der Waals surface area contributed by atoms with E-state index in [4.69, 9.17) is 10.5 Å². The van der Waals surface area contributed by atoms with Gasteiger partial charge in [0.05, 0.1) is 12.1 Å². The van der Waals surface area contributed by atoms with Crippen molar-refractivity contribution in [1.82, 2.24) is 15.1 Å². The Kier molecular flexibility index (Phi) is 22.9. The number of alkyl carbamates (subject to hydrolysis) is 1. The first-order chi connectivity index (χ1) is 27.2. The van der Waals surface area contributed by atoms with Gasteiger partial charge in [0.25, 0.3) is 0 Å². The molecule has 2 saturated heterocycles. The predicted molar refractivity (Wildman–Crippen MR) is 235 cm³/mol. The maximum absolute atomic E-state index is 12.8. The number of aryl methyl sites for hydroxylation is 2. The smallest absolute Gasteiger partial charge is 0.408 e. The summed E-state index contributed by atoms with van der Waals surface area (Å²) in [6.45, 7) is 12.0. The third-order valence-corrected chi connectivity index (χ3v) is 10.3. The van der Waals surface area contributed by atoms with E-state index in [2.05, 4.69) is 29.6 Å². The fraction of sp³-hybridized carbons (Fsp3) is 0.553. The lowest BCUT2D eigenvalue weighted by molar-refractivity contribution is -0.127. The van der Waals surface area contributed by atoms with Crippen LogP contribution in [0.4, 0.5) is 4.79 Å². The topological polar surface area (TPSA) is 139 Å². The minimum atomic E-state index is -0.657. The molecule has 2 fully saturated rings. The average Bonchev–Trinajstić information content (AvgIpc) is 3.20. The maximum Gasteiger partial charge on any atom is 0.408 e. The molecule has 4 rings (SSSR count). The molecule has 2 aromatic rings. The van der Waals surface area contributed by atoms with E-state index in [1.54, 1.807) is 46.8 Å². The van der Waals surface area contributed by atoms with Crippen molar-refractivity contribution in [3.63, 3.8) is 0 Å². The van der Waals surface area contributed by atoms with E-state index < -0.39 is 23.8 Å². The summed E-state index contributed by atoms with van der Waals surface area (Å²) in [5.41, 5.74) is 7.53. The third-order valence-electron chi connectivity index (χ3n) is 10.3. The van der Waals surface area contributed by atoms with Gasteiger partial charge in [-0.05, 0) is 134 Å². The number of nitrogens with zero attached hydrogens (tertiary/aromatic N) is 2. The van der Waals surface area contributed by atoms with Gasteiger partial charge in [-0.3, -0.25) is 19.2 Å². The van der Waals surface area contributed by atoms with Crippen LogP contribution in [0.3, 0.4) is 0 Å². The van der Waals surface area contributed by atoms with Crippen LogP contribution in [0.2, 0.25) is 0 Å². The predicted octanol–water partition coefficient (Wildman–Crippen LogP) is 8.21. The van der Waals surface area contributed by atoms with Crippen LogP contribution in [0.15, 0.2) is 85.0 Å². The zero-order chi connectivity index (χ0) is 41.6. The molecule has 11 heteroatoms. The van der Waals surface area contributed by atoms with E-state index in [-0.39, 0.29) is 54.0 Å². The molecule has 0 saturated carbocycles. The number of benzene rings is 2. The minimum absolute atomic E-state index is 0. The number of ketones is 2. The summed E-state index contributed by atoms with van der Waals surface area (Å²) in [7, 11) is 0. The molecule has 0 bridgehead atoms. The number of carbonyl (C=O) groups excluding carboxylic acids is 5. The van der Waals surface area contributed by atoms with Crippen LogP contribution in [-0.4, -0.2) is 83.1 Å². The molecule has 0 aliphatic carbocycles. The van der Waals surface area contributed by atoms with Crippen LogP contribution in [0.1, 0.15) is 110 Å². The molecule has 3 amide bonds. The SMILES string of the molecule is C[C@H](N)C(=O)C[C@H](/C=C/C(=O)N1CCCCC1)CCc1ccccc1.C[C@H](NC(=O)OC(C)(C)C)C(=O)C[C@H](/C=C/C(=O)N1CCCCC1)CCc1ccccc1.Cl. The van der Waals surface area contributed by atoms with Crippen molar-refractivity contribution in [3.8, 4) is 0 Å². The summed E-state index contributed by atoms with van der Waals surface area (Å²) in [5.74, 6) is 0.0170. The lowest BCUT2D eigenvalue weighted by Gasteiger charge is -2.25. The zero-order valence-electron chi connectivity index (χ0n) is 35.5. The molecule has 320 valence electrons. The van der Waals surface area contributed by atoms with Crippen LogP contribution >= 0.6 is 12.4 Å². The fourth-order valence-electron chi connectivity index (χ4n) is 6.85. The number of hydrogen-bond acceptors (Lipinski definition) is 7. The molecular formula is C47H69ClN4O6. The van der Waals surface area contributed by atoms with Crippen LogP contribution in [-0.2, 0) is 36.8 Å². The molecule has 4 atom stereocenters. The molecule has 2 aliphatic heterocycles. The molecule has 2 aliphatic rings. The number of piperidine rings is 2. The van der Waals surface area contributed by atoms with Crippen LogP contribution in [0.25, 0.3) is 0 Å². The highest BCUT2D eigenvalue weighted by Crippen LogP contribution is 2.20. The maximum atomic E-state index is 12.8. The molecule has 3 N–H and O–H groups in total. The van der Waals surface area contributed by atoms with E-state index in [0.29, 0.717) is 6.42 Å². The number of halogens is 1. The summed E-state index contributed by atoms with van der Waals surface area (Å²) >= 11 is 0. The van der Waals surface area contributed by atoms with Gasteiger partial charge in [-0.15, -0.1) is 12.4 Å². The Balaban J connectivity index is 0.000000405. The highest BCUT2D eigenvalue weighted by Gasteiger charge is 2.24. The second-order valence-corrected chi connectivity index (χ2v) is 16.6. The van der Waals surface area contributed by atoms with E-state index in [0.717, 1.165) is 77.5 Å². The quantitative estimate of drug-likeness (QED) is 0.154. The summed E-state index contributed by atoms with van der Waals surface area (Å²) in [5, 5.41) is 2.62. The second-order valence-electron chi connectivity index (χ2n) is 16.6. The van der Waals surface area contributed by atoms with Crippen LogP contribution < -0.4 is 11.1 Å². The van der Waals surface area contributed by atoms with Crippen molar-refractivity contribution in [3.05, 3.63) is 96.1 Å². The average molecular weight is 822 g/mol. The first kappa shape index (κ1) is 49.9. The molecule has 2 aromatic carbocycles. The van der Waals surface area contributed by atoms with Gasteiger partial charge < -0.3 is 25.6 Å². The van der Waals surface area contributed by atoms with E-state index >= 15 is 0 Å². The summed E-state index contributed by atoms with van der Waals surface area (Å²) < 4.78 is 5.25. The van der Waals surface area contributed by atoms with E-state index in [1.165, 1.54) is 24.0 Å². The molecule has 0 radical (unpaired) electrons. The summed E-state index contributed by atoms with van der Waals surface area (Å²) in [6.07, 6.45) is 17.1.